The maximum absolute atomic E-state index is 14.9. The Morgan fingerprint density at radius 1 is 1.15 bits per heavy atom. The lowest BCUT2D eigenvalue weighted by Crippen LogP contribution is -2.27. The van der Waals surface area contributed by atoms with Crippen molar-refractivity contribution < 1.29 is 8.78 Å². The number of aliphatic imine (C=N–C) groups is 1. The highest BCUT2D eigenvalue weighted by molar-refractivity contribution is 7.98. The number of nitrogens with zero attached hydrogens (tertiary/aromatic N) is 4. The zero-order valence-electron chi connectivity index (χ0n) is 24.7. The van der Waals surface area contributed by atoms with Gasteiger partial charge in [0, 0.05) is 42.0 Å². The second kappa shape index (κ2) is 14.2. The van der Waals surface area contributed by atoms with Crippen molar-refractivity contribution in [3.8, 4) is 0 Å². The predicted octanol–water partition coefficient (Wildman–Crippen LogP) is 8.26. The molecule has 0 aliphatic heterocycles. The molecule has 212 valence electrons. The third kappa shape index (κ3) is 7.85. The van der Waals surface area contributed by atoms with Gasteiger partial charge in [0.25, 0.3) is 0 Å². The summed E-state index contributed by atoms with van der Waals surface area (Å²) >= 11 is 1.28. The summed E-state index contributed by atoms with van der Waals surface area (Å²) in [7, 11) is 3.54. The van der Waals surface area contributed by atoms with Crippen LogP contribution in [0.1, 0.15) is 53.2 Å². The van der Waals surface area contributed by atoms with Gasteiger partial charge in [0.05, 0.1) is 0 Å². The number of aromatic amines is 1. The van der Waals surface area contributed by atoms with Gasteiger partial charge >= 0.3 is 0 Å². The lowest BCUT2D eigenvalue weighted by molar-refractivity contribution is 0.572. The van der Waals surface area contributed by atoms with E-state index < -0.39 is 11.6 Å². The molecule has 0 unspecified atom stereocenters. The predicted molar refractivity (Wildman–Crippen MR) is 163 cm³/mol. The fourth-order valence-electron chi connectivity index (χ4n) is 4.18. The van der Waals surface area contributed by atoms with Gasteiger partial charge in [0.2, 0.25) is 0 Å². The van der Waals surface area contributed by atoms with E-state index in [9.17, 15) is 8.78 Å². The molecular formula is C30H42F2N6S. The second-order valence-corrected chi connectivity index (χ2v) is 10.3. The Morgan fingerprint density at radius 2 is 1.74 bits per heavy atom. The molecule has 39 heavy (non-hydrogen) atoms. The Hall–Kier alpha value is -3.33. The number of halogens is 2. The number of amidine groups is 1. The van der Waals surface area contributed by atoms with E-state index in [4.69, 9.17) is 4.99 Å². The van der Waals surface area contributed by atoms with Crippen LogP contribution in [0.3, 0.4) is 0 Å². The SMILES string of the molecule is C=CN(C)C(C(=C)/C(=C(\N=C(/C)N(C)c1c(F)cc(SC)cc1F)Nc1cc(C)[nH]n1)C1CC1)=C(C)C.CC. The van der Waals surface area contributed by atoms with E-state index >= 15 is 0 Å². The maximum atomic E-state index is 14.9. The average Bonchev–Trinajstić information content (AvgIpc) is 3.64. The molecule has 2 N–H and O–H groups in total. The van der Waals surface area contributed by atoms with Crippen LogP contribution in [-0.2, 0) is 0 Å². The van der Waals surface area contributed by atoms with Gasteiger partial charge in [-0.1, -0.05) is 32.6 Å². The van der Waals surface area contributed by atoms with Gasteiger partial charge in [0.15, 0.2) is 17.5 Å². The number of aromatic nitrogens is 2. The largest absolute Gasteiger partial charge is 0.351 e. The van der Waals surface area contributed by atoms with Crippen molar-refractivity contribution >= 4 is 29.1 Å². The van der Waals surface area contributed by atoms with Crippen LogP contribution in [0.25, 0.3) is 0 Å². The summed E-state index contributed by atoms with van der Waals surface area (Å²) in [5.74, 6) is 0.504. The van der Waals surface area contributed by atoms with Gasteiger partial charge < -0.3 is 15.1 Å². The van der Waals surface area contributed by atoms with Crippen molar-refractivity contribution in [1.82, 2.24) is 15.1 Å². The van der Waals surface area contributed by atoms with E-state index in [1.54, 1.807) is 26.4 Å². The molecule has 0 radical (unpaired) electrons. The minimum Gasteiger partial charge on any atom is -0.351 e. The Morgan fingerprint density at radius 3 is 2.18 bits per heavy atom. The molecule has 0 saturated heterocycles. The van der Waals surface area contributed by atoms with Crippen LogP contribution in [0, 0.1) is 24.5 Å². The first-order valence-corrected chi connectivity index (χ1v) is 14.3. The van der Waals surface area contributed by atoms with Gasteiger partial charge in [-0.2, -0.15) is 5.10 Å². The number of hydrogen-bond acceptors (Lipinski definition) is 5. The molecule has 0 bridgehead atoms. The number of allylic oxidation sites excluding steroid dienone is 2. The second-order valence-electron chi connectivity index (χ2n) is 9.38. The lowest BCUT2D eigenvalue weighted by Gasteiger charge is -2.26. The number of rotatable bonds is 10. The van der Waals surface area contributed by atoms with Crippen LogP contribution in [0.15, 0.2) is 75.7 Å². The molecule has 1 heterocycles. The summed E-state index contributed by atoms with van der Waals surface area (Å²) < 4.78 is 29.8. The average molecular weight is 557 g/mol. The molecule has 0 amide bonds. The molecule has 1 aromatic heterocycles. The summed E-state index contributed by atoms with van der Waals surface area (Å²) in [6.07, 6.45) is 5.52. The highest BCUT2D eigenvalue weighted by atomic mass is 32.2. The van der Waals surface area contributed by atoms with Crippen LogP contribution >= 0.6 is 11.8 Å². The Bertz CT molecular complexity index is 1260. The van der Waals surface area contributed by atoms with Crippen LogP contribution < -0.4 is 10.2 Å². The number of H-pyrrole nitrogens is 1. The zero-order valence-corrected chi connectivity index (χ0v) is 25.5. The number of aryl methyl sites for hydroxylation is 1. The smallest absolute Gasteiger partial charge is 0.153 e. The van der Waals surface area contributed by atoms with E-state index in [1.165, 1.54) is 28.8 Å². The minimum absolute atomic E-state index is 0.155. The number of hydrogen-bond donors (Lipinski definition) is 2. The highest BCUT2D eigenvalue weighted by Gasteiger charge is 2.33. The lowest BCUT2D eigenvalue weighted by atomic mass is 9.96. The Kier molecular flexibility index (Phi) is 11.6. The Labute approximate surface area is 236 Å². The first kappa shape index (κ1) is 31.9. The molecule has 1 aliphatic rings. The molecule has 3 rings (SSSR count). The summed E-state index contributed by atoms with van der Waals surface area (Å²) in [6, 6.07) is 4.54. The summed E-state index contributed by atoms with van der Waals surface area (Å²) in [5.41, 5.74) is 4.52. The first-order chi connectivity index (χ1) is 18.5. The van der Waals surface area contributed by atoms with Crippen molar-refractivity contribution in [3.63, 3.8) is 0 Å². The maximum Gasteiger partial charge on any atom is 0.153 e. The molecule has 1 fully saturated rings. The summed E-state index contributed by atoms with van der Waals surface area (Å²) in [4.78, 5) is 8.77. The third-order valence-corrected chi connectivity index (χ3v) is 6.93. The van der Waals surface area contributed by atoms with E-state index in [1.807, 2.05) is 52.6 Å². The molecular weight excluding hydrogens is 514 g/mol. The molecule has 9 heteroatoms. The zero-order chi connectivity index (χ0) is 29.4. The van der Waals surface area contributed by atoms with Crippen molar-refractivity contribution in [2.45, 2.75) is 59.3 Å². The fraction of sp³-hybridized carbons (Fsp3) is 0.400. The fourth-order valence-corrected chi connectivity index (χ4v) is 4.62. The molecule has 6 nitrogen and oxygen atoms in total. The number of anilines is 2. The van der Waals surface area contributed by atoms with Gasteiger partial charge in [-0.25, -0.2) is 13.8 Å². The number of benzene rings is 1. The van der Waals surface area contributed by atoms with Crippen LogP contribution in [0.2, 0.25) is 0 Å². The molecule has 1 aliphatic carbocycles. The quantitative estimate of drug-likeness (QED) is 0.134. The van der Waals surface area contributed by atoms with Crippen molar-refractivity contribution in [1.29, 1.82) is 0 Å². The van der Waals surface area contributed by atoms with Gasteiger partial charge in [-0.15, -0.1) is 11.8 Å². The molecule has 1 saturated carbocycles. The summed E-state index contributed by atoms with van der Waals surface area (Å²) in [6.45, 7) is 20.1. The molecule has 1 aromatic carbocycles. The van der Waals surface area contributed by atoms with Gasteiger partial charge in [-0.3, -0.25) is 5.10 Å². The number of likely N-dealkylation sites (N-methyl/N-ethyl adjacent to an activating group) is 1. The summed E-state index contributed by atoms with van der Waals surface area (Å²) in [5, 5.41) is 10.6. The molecule has 0 spiro atoms. The topological polar surface area (TPSA) is 59.5 Å². The van der Waals surface area contributed by atoms with Crippen LogP contribution in [-0.4, -0.2) is 41.3 Å². The van der Waals surface area contributed by atoms with E-state index in [-0.39, 0.29) is 11.6 Å². The monoisotopic (exact) mass is 556 g/mol. The highest BCUT2D eigenvalue weighted by Crippen LogP contribution is 2.44. The normalized spacial score (nSPS) is 13.6. The minimum atomic E-state index is -0.644. The number of thioether (sulfide) groups is 1. The van der Waals surface area contributed by atoms with E-state index in [0.717, 1.165) is 41.0 Å². The van der Waals surface area contributed by atoms with Gasteiger partial charge in [0.1, 0.15) is 17.3 Å². The standard InChI is InChI=1S/C28H36F2N6S.C2H6/c1-10-35(7)26(16(2)3)18(5)25(20-11-12-20)28(32-24-13-17(4)33-34-24)31-19(6)36(8)27-22(29)14-21(37-9)15-23(27)30;1-2/h10,13-15,20H,1,5,11-12H2,2-4,6-9H3,(H2,32,33,34);1-2H3/b28-25-,31-19+;. The van der Waals surface area contributed by atoms with Crippen molar-refractivity contribution in [3.05, 3.63) is 83.1 Å². The Balaban J connectivity index is 0.00000260. The van der Waals surface area contributed by atoms with Crippen molar-refractivity contribution in [2.24, 2.45) is 10.9 Å². The number of nitrogens with one attached hydrogen (secondary N) is 2. The first-order valence-electron chi connectivity index (χ1n) is 13.1. The van der Waals surface area contributed by atoms with Crippen LogP contribution in [0.5, 0.6) is 0 Å². The van der Waals surface area contributed by atoms with E-state index in [2.05, 4.69) is 28.7 Å². The molecule has 0 atom stereocenters. The van der Waals surface area contributed by atoms with E-state index in [0.29, 0.717) is 22.4 Å². The van der Waals surface area contributed by atoms with Crippen molar-refractivity contribution in [2.75, 3.05) is 30.6 Å². The third-order valence-electron chi connectivity index (χ3n) is 6.22. The van der Waals surface area contributed by atoms with Crippen LogP contribution in [0.4, 0.5) is 20.3 Å². The molecule has 2 aromatic rings. The van der Waals surface area contributed by atoms with Gasteiger partial charge in [-0.05, 0) is 76.6 Å².